The third-order valence-electron chi connectivity index (χ3n) is 2.73. The van der Waals surface area contributed by atoms with Crippen LogP contribution in [0.1, 0.15) is 33.6 Å². The van der Waals surface area contributed by atoms with Crippen LogP contribution in [0.5, 0.6) is 0 Å². The Bertz CT molecular complexity index is 245. The maximum Gasteiger partial charge on any atom is 0.305 e. The summed E-state index contributed by atoms with van der Waals surface area (Å²) in [5, 5.41) is 17.5. The Morgan fingerprint density at radius 3 is 2.60 bits per heavy atom. The van der Waals surface area contributed by atoms with Gasteiger partial charge in [-0.25, -0.2) is 0 Å². The van der Waals surface area contributed by atoms with E-state index in [0.717, 1.165) is 0 Å². The molecule has 1 N–H and O–H groups in total. The summed E-state index contributed by atoms with van der Waals surface area (Å²) < 4.78 is 4.71. The molecule has 0 saturated heterocycles. The highest BCUT2D eigenvalue weighted by molar-refractivity contribution is 5.69. The molecule has 0 aliphatic carbocycles. The average molecular weight is 213 g/mol. The number of aliphatic hydroxyl groups excluding tert-OH is 1. The topological polar surface area (TPSA) is 70.3 Å². The normalized spacial score (nSPS) is 14.4. The molecule has 15 heavy (non-hydrogen) atoms. The second-order valence-electron chi connectivity index (χ2n) is 4.13. The Hall–Kier alpha value is -1.08. The van der Waals surface area contributed by atoms with Gasteiger partial charge < -0.3 is 9.84 Å². The molecule has 0 rings (SSSR count). The Morgan fingerprint density at radius 1 is 1.60 bits per heavy atom. The van der Waals surface area contributed by atoms with E-state index >= 15 is 0 Å². The Labute approximate surface area is 90.9 Å². The van der Waals surface area contributed by atoms with Gasteiger partial charge in [0.25, 0.3) is 0 Å². The highest BCUT2D eigenvalue weighted by Gasteiger charge is 2.28. The van der Waals surface area contributed by atoms with E-state index in [-0.39, 0.29) is 31.5 Å². The lowest BCUT2D eigenvalue weighted by Crippen LogP contribution is -2.23. The van der Waals surface area contributed by atoms with Crippen LogP contribution in [0.3, 0.4) is 0 Å². The smallest absolute Gasteiger partial charge is 0.305 e. The number of hydrogen-bond donors (Lipinski definition) is 1. The van der Waals surface area contributed by atoms with Gasteiger partial charge in [-0.1, -0.05) is 13.8 Å². The van der Waals surface area contributed by atoms with Gasteiger partial charge in [-0.15, -0.1) is 0 Å². The molecule has 0 aliphatic rings. The molecule has 86 valence electrons. The Morgan fingerprint density at radius 2 is 2.20 bits per heavy atom. The van der Waals surface area contributed by atoms with Gasteiger partial charge in [0.2, 0.25) is 0 Å². The molecule has 0 radical (unpaired) electrons. The molecule has 0 saturated carbocycles. The SMILES string of the molecule is CC(C)C(C)(C#N)CCC(=O)OCCO. The summed E-state index contributed by atoms with van der Waals surface area (Å²) in [5.41, 5.74) is -0.488. The van der Waals surface area contributed by atoms with Crippen molar-refractivity contribution in [3.05, 3.63) is 0 Å². The van der Waals surface area contributed by atoms with Crippen LogP contribution in [0.15, 0.2) is 0 Å². The van der Waals surface area contributed by atoms with Gasteiger partial charge in [0.1, 0.15) is 6.61 Å². The van der Waals surface area contributed by atoms with Gasteiger partial charge in [-0.2, -0.15) is 5.26 Å². The second-order valence-corrected chi connectivity index (χ2v) is 4.13. The molecule has 0 amide bonds. The number of esters is 1. The molecule has 1 atom stereocenters. The lowest BCUT2D eigenvalue weighted by molar-refractivity contribution is -0.145. The van der Waals surface area contributed by atoms with Crippen LogP contribution in [0.25, 0.3) is 0 Å². The molecule has 0 aromatic rings. The molecule has 0 fully saturated rings. The minimum atomic E-state index is -0.488. The van der Waals surface area contributed by atoms with E-state index in [2.05, 4.69) is 6.07 Å². The molecule has 4 heteroatoms. The predicted molar refractivity (Wildman–Crippen MR) is 55.8 cm³/mol. The average Bonchev–Trinajstić information content (AvgIpc) is 2.22. The number of aliphatic hydroxyl groups is 1. The number of nitriles is 1. The molecule has 0 heterocycles. The van der Waals surface area contributed by atoms with Gasteiger partial charge in [0.05, 0.1) is 18.1 Å². The molecule has 4 nitrogen and oxygen atoms in total. The summed E-state index contributed by atoms with van der Waals surface area (Å²) in [6, 6.07) is 2.23. The van der Waals surface area contributed by atoms with E-state index in [9.17, 15) is 4.79 Å². The number of rotatable bonds is 6. The zero-order chi connectivity index (χ0) is 11.9. The van der Waals surface area contributed by atoms with Crippen LogP contribution in [0, 0.1) is 22.7 Å². The highest BCUT2D eigenvalue weighted by atomic mass is 16.5. The zero-order valence-electron chi connectivity index (χ0n) is 9.62. The fourth-order valence-corrected chi connectivity index (χ4v) is 1.07. The van der Waals surface area contributed by atoms with Crippen molar-refractivity contribution in [3.8, 4) is 6.07 Å². The van der Waals surface area contributed by atoms with Crippen molar-refractivity contribution < 1.29 is 14.6 Å². The largest absolute Gasteiger partial charge is 0.463 e. The van der Waals surface area contributed by atoms with Crippen LogP contribution >= 0.6 is 0 Å². The van der Waals surface area contributed by atoms with Crippen molar-refractivity contribution in [1.82, 2.24) is 0 Å². The Balaban J connectivity index is 4.03. The lowest BCUT2D eigenvalue weighted by Gasteiger charge is -2.25. The second kappa shape index (κ2) is 6.41. The van der Waals surface area contributed by atoms with Crippen molar-refractivity contribution >= 4 is 5.97 Å². The zero-order valence-corrected chi connectivity index (χ0v) is 9.62. The molecule has 0 aromatic heterocycles. The molecule has 1 unspecified atom stereocenters. The Kier molecular flexibility index (Phi) is 5.95. The van der Waals surface area contributed by atoms with Crippen molar-refractivity contribution in [2.45, 2.75) is 33.6 Å². The maximum absolute atomic E-state index is 11.1. The van der Waals surface area contributed by atoms with E-state index in [0.29, 0.717) is 6.42 Å². The van der Waals surface area contributed by atoms with Gasteiger partial charge in [0.15, 0.2) is 0 Å². The first-order valence-corrected chi connectivity index (χ1v) is 5.14. The standard InChI is InChI=1S/C11H19NO3/c1-9(2)11(3,8-12)5-4-10(14)15-7-6-13/h9,13H,4-7H2,1-3H3. The van der Waals surface area contributed by atoms with Crippen LogP contribution in [-0.4, -0.2) is 24.3 Å². The number of hydrogen-bond acceptors (Lipinski definition) is 4. The van der Waals surface area contributed by atoms with Crippen LogP contribution in [0.4, 0.5) is 0 Å². The van der Waals surface area contributed by atoms with Crippen molar-refractivity contribution in [1.29, 1.82) is 5.26 Å². The van der Waals surface area contributed by atoms with Crippen molar-refractivity contribution in [2.75, 3.05) is 13.2 Å². The molecule has 0 aliphatic heterocycles. The molecule has 0 spiro atoms. The number of ether oxygens (including phenoxy) is 1. The van der Waals surface area contributed by atoms with Crippen LogP contribution in [-0.2, 0) is 9.53 Å². The quantitative estimate of drug-likeness (QED) is 0.678. The van der Waals surface area contributed by atoms with Gasteiger partial charge in [0, 0.05) is 6.42 Å². The predicted octanol–water partition coefficient (Wildman–Crippen LogP) is 1.49. The fraction of sp³-hybridized carbons (Fsp3) is 0.818. The first-order valence-electron chi connectivity index (χ1n) is 5.14. The van der Waals surface area contributed by atoms with Crippen LogP contribution in [0.2, 0.25) is 0 Å². The first-order chi connectivity index (χ1) is 6.96. The van der Waals surface area contributed by atoms with Gasteiger partial charge in [-0.05, 0) is 19.3 Å². The third-order valence-corrected chi connectivity index (χ3v) is 2.73. The van der Waals surface area contributed by atoms with E-state index < -0.39 is 5.41 Å². The summed E-state index contributed by atoms with van der Waals surface area (Å²) in [5.74, 6) is -0.153. The van der Waals surface area contributed by atoms with E-state index in [1.807, 2.05) is 20.8 Å². The van der Waals surface area contributed by atoms with Crippen molar-refractivity contribution in [2.24, 2.45) is 11.3 Å². The summed E-state index contributed by atoms with van der Waals surface area (Å²) in [6.45, 7) is 5.64. The number of carbonyl (C=O) groups excluding carboxylic acids is 1. The summed E-state index contributed by atoms with van der Waals surface area (Å²) in [7, 11) is 0. The molecular weight excluding hydrogens is 194 g/mol. The molecule has 0 bridgehead atoms. The van der Waals surface area contributed by atoms with Gasteiger partial charge in [-0.3, -0.25) is 4.79 Å². The summed E-state index contributed by atoms with van der Waals surface area (Å²) in [4.78, 5) is 11.1. The van der Waals surface area contributed by atoms with E-state index in [1.54, 1.807) is 0 Å². The minimum Gasteiger partial charge on any atom is -0.463 e. The number of nitrogens with zero attached hydrogens (tertiary/aromatic N) is 1. The van der Waals surface area contributed by atoms with E-state index in [4.69, 9.17) is 15.1 Å². The monoisotopic (exact) mass is 213 g/mol. The van der Waals surface area contributed by atoms with E-state index in [1.165, 1.54) is 0 Å². The highest BCUT2D eigenvalue weighted by Crippen LogP contribution is 2.31. The lowest BCUT2D eigenvalue weighted by atomic mass is 9.77. The van der Waals surface area contributed by atoms with Gasteiger partial charge >= 0.3 is 5.97 Å². The maximum atomic E-state index is 11.1. The number of carbonyl (C=O) groups is 1. The van der Waals surface area contributed by atoms with Crippen LogP contribution < -0.4 is 0 Å². The summed E-state index contributed by atoms with van der Waals surface area (Å²) in [6.07, 6.45) is 0.716. The third kappa shape index (κ3) is 4.80. The summed E-state index contributed by atoms with van der Waals surface area (Å²) >= 11 is 0. The fourth-order valence-electron chi connectivity index (χ4n) is 1.07. The first kappa shape index (κ1) is 13.9. The minimum absolute atomic E-state index is 0.0315. The molecule has 0 aromatic carbocycles. The van der Waals surface area contributed by atoms with Crippen molar-refractivity contribution in [3.63, 3.8) is 0 Å². The molecular formula is C11H19NO3.